The average molecular weight is 423 g/mol. The number of aryl methyl sites for hydroxylation is 2. The first-order valence-corrected chi connectivity index (χ1v) is 11.1. The molecule has 156 valence electrons. The number of fused-ring (bicyclic) bond motifs is 1. The molecule has 0 radical (unpaired) electrons. The van der Waals surface area contributed by atoms with Crippen molar-refractivity contribution >= 4 is 17.7 Å². The minimum absolute atomic E-state index is 0.0140. The van der Waals surface area contributed by atoms with Crippen LogP contribution in [0.4, 0.5) is 0 Å². The summed E-state index contributed by atoms with van der Waals surface area (Å²) in [5, 5.41) is 11.2. The minimum atomic E-state index is -0.0891. The number of hydrogen-bond donors (Lipinski definition) is 1. The Morgan fingerprint density at radius 3 is 2.63 bits per heavy atom. The Hall–Kier alpha value is -2.64. The van der Waals surface area contributed by atoms with E-state index in [9.17, 15) is 4.79 Å². The summed E-state index contributed by atoms with van der Waals surface area (Å²) in [4.78, 5) is 16.0. The van der Waals surface area contributed by atoms with Gasteiger partial charge >= 0.3 is 0 Å². The van der Waals surface area contributed by atoms with Gasteiger partial charge in [-0.15, -0.1) is 22.0 Å². The summed E-state index contributed by atoms with van der Waals surface area (Å²) >= 11 is 1.75. The van der Waals surface area contributed by atoms with E-state index in [1.165, 1.54) is 21.6 Å². The van der Waals surface area contributed by atoms with Gasteiger partial charge < -0.3 is 9.73 Å². The molecule has 1 aromatic heterocycles. The van der Waals surface area contributed by atoms with Gasteiger partial charge in [0.2, 0.25) is 17.7 Å². The lowest BCUT2D eigenvalue weighted by molar-refractivity contribution is -0.123. The van der Waals surface area contributed by atoms with Gasteiger partial charge in [0.15, 0.2) is 0 Å². The Labute approximate surface area is 181 Å². The van der Waals surface area contributed by atoms with Crippen LogP contribution in [-0.2, 0) is 17.8 Å². The Balaban J connectivity index is 1.35. The zero-order valence-corrected chi connectivity index (χ0v) is 18.1. The standard InChI is InChI=1S/C23H26N4O2S/c1-16-7-9-20(10-8-16)30-12-11-24-22(28)15-27-14-19-6-4-3-5-18(19)13-21(27)23-26-25-17(2)29-23/h3-10,21H,11-15H2,1-2H3,(H,24,28). The molecule has 7 heteroatoms. The van der Waals surface area contributed by atoms with E-state index < -0.39 is 0 Å². The van der Waals surface area contributed by atoms with Crippen molar-refractivity contribution in [2.45, 2.75) is 37.8 Å². The number of amides is 1. The van der Waals surface area contributed by atoms with Crippen LogP contribution in [0.25, 0.3) is 0 Å². The molecular weight excluding hydrogens is 396 g/mol. The normalized spacial score (nSPS) is 16.3. The first kappa shape index (κ1) is 20.6. The van der Waals surface area contributed by atoms with Gasteiger partial charge in [-0.3, -0.25) is 9.69 Å². The van der Waals surface area contributed by atoms with E-state index in [-0.39, 0.29) is 11.9 Å². The second kappa shape index (κ2) is 9.45. The highest BCUT2D eigenvalue weighted by Crippen LogP contribution is 2.32. The third-order valence-electron chi connectivity index (χ3n) is 5.23. The Kier molecular flexibility index (Phi) is 6.50. The molecular formula is C23H26N4O2S. The van der Waals surface area contributed by atoms with Crippen LogP contribution in [0.3, 0.4) is 0 Å². The van der Waals surface area contributed by atoms with Gasteiger partial charge in [0, 0.05) is 30.7 Å². The zero-order valence-electron chi connectivity index (χ0n) is 17.3. The number of nitrogens with zero attached hydrogens (tertiary/aromatic N) is 3. The van der Waals surface area contributed by atoms with E-state index in [0.29, 0.717) is 31.4 Å². The molecule has 0 saturated heterocycles. The van der Waals surface area contributed by atoms with E-state index in [2.05, 4.69) is 63.7 Å². The zero-order chi connectivity index (χ0) is 20.9. The lowest BCUT2D eigenvalue weighted by Gasteiger charge is -2.34. The lowest BCUT2D eigenvalue weighted by Crippen LogP contribution is -2.42. The number of benzene rings is 2. The van der Waals surface area contributed by atoms with Crippen molar-refractivity contribution in [3.05, 3.63) is 77.0 Å². The van der Waals surface area contributed by atoms with Crippen LogP contribution >= 0.6 is 11.8 Å². The van der Waals surface area contributed by atoms with E-state index in [1.54, 1.807) is 18.7 Å². The first-order chi connectivity index (χ1) is 14.6. The van der Waals surface area contributed by atoms with Crippen molar-refractivity contribution in [2.75, 3.05) is 18.8 Å². The number of carbonyl (C=O) groups excluding carboxylic acids is 1. The molecule has 0 fully saturated rings. The van der Waals surface area contributed by atoms with Crippen LogP contribution in [0.2, 0.25) is 0 Å². The molecule has 2 aromatic carbocycles. The van der Waals surface area contributed by atoms with E-state index in [0.717, 1.165) is 12.2 Å². The Bertz CT molecular complexity index is 1000. The van der Waals surface area contributed by atoms with Crippen LogP contribution < -0.4 is 5.32 Å². The number of aromatic nitrogens is 2. The molecule has 2 heterocycles. The maximum atomic E-state index is 12.6. The summed E-state index contributed by atoms with van der Waals surface area (Å²) in [6.45, 7) is 5.49. The largest absolute Gasteiger partial charge is 0.424 e. The van der Waals surface area contributed by atoms with E-state index >= 15 is 0 Å². The maximum absolute atomic E-state index is 12.6. The summed E-state index contributed by atoms with van der Waals surface area (Å²) < 4.78 is 5.71. The van der Waals surface area contributed by atoms with Gasteiger partial charge in [-0.2, -0.15) is 0 Å². The predicted octanol–water partition coefficient (Wildman–Crippen LogP) is 3.69. The third-order valence-corrected chi connectivity index (χ3v) is 6.25. The van der Waals surface area contributed by atoms with Crippen LogP contribution in [0.15, 0.2) is 57.8 Å². The number of nitrogens with one attached hydrogen (secondary N) is 1. The predicted molar refractivity (Wildman–Crippen MR) is 117 cm³/mol. The molecule has 3 aromatic rings. The van der Waals surface area contributed by atoms with Gasteiger partial charge in [-0.05, 0) is 36.6 Å². The lowest BCUT2D eigenvalue weighted by atomic mass is 9.94. The topological polar surface area (TPSA) is 71.3 Å². The van der Waals surface area contributed by atoms with Gasteiger partial charge in [0.05, 0.1) is 12.6 Å². The van der Waals surface area contributed by atoms with Crippen molar-refractivity contribution in [3.8, 4) is 0 Å². The van der Waals surface area contributed by atoms with Gasteiger partial charge in [0.1, 0.15) is 0 Å². The molecule has 6 nitrogen and oxygen atoms in total. The number of hydrogen-bond acceptors (Lipinski definition) is 6. The van der Waals surface area contributed by atoms with Crippen molar-refractivity contribution in [2.24, 2.45) is 0 Å². The van der Waals surface area contributed by atoms with Crippen molar-refractivity contribution in [1.29, 1.82) is 0 Å². The highest BCUT2D eigenvalue weighted by atomic mass is 32.2. The molecule has 0 saturated carbocycles. The molecule has 4 rings (SSSR count). The van der Waals surface area contributed by atoms with Crippen molar-refractivity contribution in [1.82, 2.24) is 20.4 Å². The summed E-state index contributed by atoms with van der Waals surface area (Å²) in [6, 6.07) is 16.7. The SMILES string of the molecule is Cc1ccc(SCCNC(=O)CN2Cc3ccccc3CC2c2nnc(C)o2)cc1. The Morgan fingerprint density at radius 1 is 1.13 bits per heavy atom. The smallest absolute Gasteiger partial charge is 0.234 e. The molecule has 0 spiro atoms. The van der Waals surface area contributed by atoms with Gasteiger partial charge in [-0.25, -0.2) is 0 Å². The summed E-state index contributed by atoms with van der Waals surface area (Å²) in [5.74, 6) is 1.97. The third kappa shape index (κ3) is 5.09. The van der Waals surface area contributed by atoms with Gasteiger partial charge in [0.25, 0.3) is 0 Å². The molecule has 0 aliphatic carbocycles. The Morgan fingerprint density at radius 2 is 1.90 bits per heavy atom. The molecule has 1 aliphatic heterocycles. The fourth-order valence-corrected chi connectivity index (χ4v) is 4.44. The summed E-state index contributed by atoms with van der Waals surface area (Å²) in [6.07, 6.45) is 0.758. The number of thioether (sulfide) groups is 1. The summed E-state index contributed by atoms with van der Waals surface area (Å²) in [7, 11) is 0. The van der Waals surface area contributed by atoms with Crippen LogP contribution in [0, 0.1) is 13.8 Å². The van der Waals surface area contributed by atoms with Crippen LogP contribution in [-0.4, -0.2) is 39.8 Å². The van der Waals surface area contributed by atoms with Crippen LogP contribution in [0.1, 0.15) is 34.5 Å². The first-order valence-electron chi connectivity index (χ1n) is 10.2. The molecule has 0 bridgehead atoms. The maximum Gasteiger partial charge on any atom is 0.234 e. The highest BCUT2D eigenvalue weighted by Gasteiger charge is 2.32. The number of carbonyl (C=O) groups is 1. The van der Waals surface area contributed by atoms with Crippen LogP contribution in [0.5, 0.6) is 0 Å². The highest BCUT2D eigenvalue weighted by molar-refractivity contribution is 7.99. The molecule has 1 unspecified atom stereocenters. The second-order valence-electron chi connectivity index (χ2n) is 7.56. The monoisotopic (exact) mass is 422 g/mol. The molecule has 1 N–H and O–H groups in total. The molecule has 1 atom stereocenters. The number of rotatable bonds is 7. The van der Waals surface area contributed by atoms with Crippen molar-refractivity contribution in [3.63, 3.8) is 0 Å². The molecule has 1 aliphatic rings. The van der Waals surface area contributed by atoms with Crippen molar-refractivity contribution < 1.29 is 9.21 Å². The van der Waals surface area contributed by atoms with E-state index in [4.69, 9.17) is 4.42 Å². The second-order valence-corrected chi connectivity index (χ2v) is 8.73. The fraction of sp³-hybridized carbons (Fsp3) is 0.348. The van der Waals surface area contributed by atoms with E-state index in [1.807, 2.05) is 12.1 Å². The quantitative estimate of drug-likeness (QED) is 0.462. The average Bonchev–Trinajstić information content (AvgIpc) is 3.18. The fourth-order valence-electron chi connectivity index (χ4n) is 3.67. The summed E-state index contributed by atoms with van der Waals surface area (Å²) in [5.41, 5.74) is 3.76. The minimum Gasteiger partial charge on any atom is -0.424 e. The van der Waals surface area contributed by atoms with Gasteiger partial charge in [-0.1, -0.05) is 42.0 Å². The molecule has 1 amide bonds. The molecule has 30 heavy (non-hydrogen) atoms.